The van der Waals surface area contributed by atoms with Crippen molar-refractivity contribution >= 4 is 17.8 Å². The molecule has 160 valence electrons. The molecule has 29 heavy (non-hydrogen) atoms. The zero-order valence-corrected chi connectivity index (χ0v) is 17.0. The second kappa shape index (κ2) is 7.08. The van der Waals surface area contributed by atoms with Crippen molar-refractivity contribution in [1.29, 1.82) is 0 Å². The lowest BCUT2D eigenvalue weighted by Gasteiger charge is -2.24. The summed E-state index contributed by atoms with van der Waals surface area (Å²) < 4.78 is 33.4. The van der Waals surface area contributed by atoms with Gasteiger partial charge in [0.2, 0.25) is 0 Å². The summed E-state index contributed by atoms with van der Waals surface area (Å²) in [6.07, 6.45) is -2.01. The average molecular weight is 411 g/mol. The third kappa shape index (κ3) is 3.09. The highest BCUT2D eigenvalue weighted by atomic mass is 19.1. The summed E-state index contributed by atoms with van der Waals surface area (Å²) >= 11 is 0. The molecule has 0 spiro atoms. The van der Waals surface area contributed by atoms with E-state index >= 15 is 4.39 Å². The number of esters is 2. The van der Waals surface area contributed by atoms with Crippen LogP contribution in [0.3, 0.4) is 0 Å². The monoisotopic (exact) mass is 411 g/mol. The summed E-state index contributed by atoms with van der Waals surface area (Å²) in [5, 5.41) is 0. The molecule has 9 nitrogen and oxygen atoms in total. The number of alkyl halides is 1. The predicted octanol–water partition coefficient (Wildman–Crippen LogP) is 1.22. The van der Waals surface area contributed by atoms with E-state index in [1.807, 2.05) is 0 Å². The van der Waals surface area contributed by atoms with Crippen LogP contribution in [0.4, 0.5) is 10.2 Å². The first-order chi connectivity index (χ1) is 13.5. The van der Waals surface area contributed by atoms with E-state index in [2.05, 4.69) is 4.98 Å². The van der Waals surface area contributed by atoms with Crippen molar-refractivity contribution in [2.75, 3.05) is 12.3 Å². The highest BCUT2D eigenvalue weighted by Gasteiger charge is 2.89. The number of carbonyl (C=O) groups is 2. The van der Waals surface area contributed by atoms with Gasteiger partial charge in [-0.1, -0.05) is 34.6 Å². The topological polar surface area (TPSA) is 123 Å². The Morgan fingerprint density at radius 2 is 1.93 bits per heavy atom. The molecule has 1 saturated carbocycles. The molecule has 1 saturated heterocycles. The van der Waals surface area contributed by atoms with Gasteiger partial charge >= 0.3 is 17.6 Å². The van der Waals surface area contributed by atoms with Crippen molar-refractivity contribution in [3.63, 3.8) is 0 Å². The van der Waals surface area contributed by atoms with Gasteiger partial charge in [-0.15, -0.1) is 0 Å². The van der Waals surface area contributed by atoms with Crippen LogP contribution in [0.2, 0.25) is 0 Å². The second-order valence-corrected chi connectivity index (χ2v) is 8.19. The Morgan fingerprint density at radius 3 is 2.48 bits per heavy atom. The smallest absolute Gasteiger partial charge is 0.351 e. The van der Waals surface area contributed by atoms with Gasteiger partial charge in [0.1, 0.15) is 12.4 Å². The number of anilines is 1. The summed E-state index contributed by atoms with van der Waals surface area (Å²) in [6, 6.07) is 1.34. The fourth-order valence-electron chi connectivity index (χ4n) is 3.80. The number of halogens is 1. The van der Waals surface area contributed by atoms with E-state index in [0.29, 0.717) is 0 Å². The summed E-state index contributed by atoms with van der Waals surface area (Å²) in [5.74, 6) is -2.59. The Morgan fingerprint density at radius 1 is 1.31 bits per heavy atom. The Kier molecular flexibility index (Phi) is 5.18. The summed E-state index contributed by atoms with van der Waals surface area (Å²) in [5.41, 5.74) is 1.63. The molecule has 0 aromatic carbocycles. The third-order valence-corrected chi connectivity index (χ3v) is 5.68. The number of fused-ring (bicyclic) bond motifs is 1. The fourth-order valence-corrected chi connectivity index (χ4v) is 3.80. The minimum atomic E-state index is -1.87. The Bertz CT molecular complexity index is 887. The number of carbonyl (C=O) groups excluding carboxylic acids is 2. The van der Waals surface area contributed by atoms with Gasteiger partial charge in [-0.2, -0.15) is 4.98 Å². The minimum absolute atomic E-state index is 0.0142. The Labute approximate surface area is 167 Å². The first-order valence-corrected chi connectivity index (χ1v) is 9.54. The molecule has 2 fully saturated rings. The number of hydrogen-bond acceptors (Lipinski definition) is 8. The summed E-state index contributed by atoms with van der Waals surface area (Å²) in [6.45, 7) is 7.94. The van der Waals surface area contributed by atoms with Gasteiger partial charge in [0, 0.05) is 12.1 Å². The number of nitrogens with two attached hydrogens (primary N) is 1. The van der Waals surface area contributed by atoms with Crippen LogP contribution < -0.4 is 11.4 Å². The van der Waals surface area contributed by atoms with Crippen LogP contribution >= 0.6 is 0 Å². The predicted molar refractivity (Wildman–Crippen MR) is 99.3 cm³/mol. The molecule has 1 aliphatic heterocycles. The minimum Gasteiger partial charge on any atom is -0.462 e. The van der Waals surface area contributed by atoms with Crippen molar-refractivity contribution < 1.29 is 28.2 Å². The van der Waals surface area contributed by atoms with Crippen molar-refractivity contribution in [2.24, 2.45) is 17.8 Å². The molecular formula is C19H26FN3O6. The lowest BCUT2D eigenvalue weighted by Crippen LogP contribution is -2.40. The molecule has 10 heteroatoms. The number of rotatable bonds is 6. The van der Waals surface area contributed by atoms with Crippen LogP contribution in [0.1, 0.15) is 40.8 Å². The molecule has 1 aromatic heterocycles. The maximum Gasteiger partial charge on any atom is 0.351 e. The van der Waals surface area contributed by atoms with E-state index in [9.17, 15) is 14.4 Å². The highest BCUT2D eigenvalue weighted by Crippen LogP contribution is 2.69. The van der Waals surface area contributed by atoms with Crippen molar-refractivity contribution in [1.82, 2.24) is 9.55 Å². The van der Waals surface area contributed by atoms with Crippen LogP contribution in [-0.4, -0.2) is 45.5 Å². The molecule has 5 atom stereocenters. The molecule has 1 aromatic rings. The standard InChI is InChI=1S/C19H26FN3O6/c1-9(2)15(24)27-8-18-11(5)19(18,29-16(25)10(3)4)13(20)14(28-18)23-7-6-12(21)22-17(23)26/h6-7,9-11,13-14H,8H2,1-5H3,(H2,21,22,26). The molecule has 0 bridgehead atoms. The molecule has 2 aliphatic rings. The highest BCUT2D eigenvalue weighted by molar-refractivity contribution is 5.74. The fraction of sp³-hybridized carbons (Fsp3) is 0.684. The van der Waals surface area contributed by atoms with Crippen LogP contribution in [-0.2, 0) is 23.8 Å². The van der Waals surface area contributed by atoms with Crippen molar-refractivity contribution in [3.05, 3.63) is 22.7 Å². The van der Waals surface area contributed by atoms with Gasteiger partial charge in [0.15, 0.2) is 23.6 Å². The first-order valence-electron chi connectivity index (χ1n) is 9.54. The number of ether oxygens (including phenoxy) is 3. The first kappa shape index (κ1) is 21.2. The Hall–Kier alpha value is -2.49. The van der Waals surface area contributed by atoms with Crippen LogP contribution in [0.5, 0.6) is 0 Å². The largest absolute Gasteiger partial charge is 0.462 e. The van der Waals surface area contributed by atoms with Gasteiger partial charge in [0.05, 0.1) is 11.8 Å². The summed E-state index contributed by atoms with van der Waals surface area (Å²) in [4.78, 5) is 40.1. The molecule has 2 heterocycles. The number of aromatic nitrogens is 2. The summed E-state index contributed by atoms with van der Waals surface area (Å²) in [7, 11) is 0. The van der Waals surface area contributed by atoms with Crippen molar-refractivity contribution in [2.45, 2.75) is 58.2 Å². The number of nitrogens with zero attached hydrogens (tertiary/aromatic N) is 2. The van der Waals surface area contributed by atoms with E-state index in [1.165, 1.54) is 12.3 Å². The van der Waals surface area contributed by atoms with Crippen LogP contribution in [0, 0.1) is 17.8 Å². The Balaban J connectivity index is 1.97. The zero-order valence-electron chi connectivity index (χ0n) is 17.0. The molecule has 0 radical (unpaired) electrons. The molecule has 3 rings (SSSR count). The van der Waals surface area contributed by atoms with Gasteiger partial charge in [-0.05, 0) is 6.07 Å². The van der Waals surface area contributed by atoms with E-state index in [4.69, 9.17) is 19.9 Å². The van der Waals surface area contributed by atoms with E-state index in [1.54, 1.807) is 34.6 Å². The van der Waals surface area contributed by atoms with E-state index < -0.39 is 59.0 Å². The van der Waals surface area contributed by atoms with Gasteiger partial charge in [-0.3, -0.25) is 14.2 Å². The van der Waals surface area contributed by atoms with Crippen molar-refractivity contribution in [3.8, 4) is 0 Å². The van der Waals surface area contributed by atoms with E-state index in [0.717, 1.165) is 4.57 Å². The normalized spacial score (nSPS) is 32.9. The molecule has 1 aliphatic carbocycles. The zero-order chi connectivity index (χ0) is 21.7. The van der Waals surface area contributed by atoms with Gasteiger partial charge in [-0.25, -0.2) is 9.18 Å². The van der Waals surface area contributed by atoms with Gasteiger partial charge < -0.3 is 19.9 Å². The lowest BCUT2D eigenvalue weighted by atomic mass is 10.1. The second-order valence-electron chi connectivity index (χ2n) is 8.19. The average Bonchev–Trinajstić information content (AvgIpc) is 3.02. The third-order valence-electron chi connectivity index (χ3n) is 5.68. The molecule has 0 amide bonds. The molecular weight excluding hydrogens is 385 g/mol. The quantitative estimate of drug-likeness (QED) is 0.693. The lowest BCUT2D eigenvalue weighted by molar-refractivity contribution is -0.163. The number of nitrogen functional groups attached to an aromatic ring is 1. The van der Waals surface area contributed by atoms with Gasteiger partial charge in [0.25, 0.3) is 0 Å². The van der Waals surface area contributed by atoms with Crippen LogP contribution in [0.15, 0.2) is 17.1 Å². The van der Waals surface area contributed by atoms with Crippen LogP contribution in [0.25, 0.3) is 0 Å². The molecule has 5 unspecified atom stereocenters. The number of hydrogen-bond donors (Lipinski definition) is 1. The maximum atomic E-state index is 15.7. The SMILES string of the molecule is CC(C)C(=O)OCC12OC(n3ccc(N)nc3=O)C(F)C1(OC(=O)C(C)C)C2C. The van der Waals surface area contributed by atoms with E-state index in [-0.39, 0.29) is 12.4 Å². The maximum absolute atomic E-state index is 15.7. The molecule has 2 N–H and O–H groups in total.